The summed E-state index contributed by atoms with van der Waals surface area (Å²) >= 11 is 2.10. The first kappa shape index (κ1) is 9.66. The third-order valence-electron chi connectivity index (χ3n) is 3.25. The summed E-state index contributed by atoms with van der Waals surface area (Å²) in [7, 11) is 0. The number of aromatic nitrogens is 3. The predicted octanol–water partition coefficient (Wildman–Crippen LogP) is 0.847. The van der Waals surface area contributed by atoms with E-state index in [1.807, 2.05) is 10.9 Å². The number of hydrogen-bond acceptors (Lipinski definition) is 4. The normalized spacial score (nSPS) is 26.8. The molecule has 0 radical (unpaired) electrons. The molecular weight excluding hydrogens is 208 g/mol. The molecule has 1 aromatic rings. The standard InChI is InChI=1S/C10H16N4S/c1-4-15-8-9(1)6-13-2-3-14-10(7-13)5-11-12-14/h5,9H,1-4,6-8H2. The second-order valence-corrected chi connectivity index (χ2v) is 5.56. The summed E-state index contributed by atoms with van der Waals surface area (Å²) in [6.07, 6.45) is 3.30. The molecule has 0 bridgehead atoms. The van der Waals surface area contributed by atoms with Crippen molar-refractivity contribution in [1.29, 1.82) is 0 Å². The zero-order valence-electron chi connectivity index (χ0n) is 8.80. The molecule has 1 unspecified atom stereocenters. The van der Waals surface area contributed by atoms with Crippen LogP contribution in [0.2, 0.25) is 0 Å². The Balaban J connectivity index is 1.61. The van der Waals surface area contributed by atoms with Crippen LogP contribution < -0.4 is 0 Å². The second kappa shape index (κ2) is 4.14. The molecular formula is C10H16N4S. The van der Waals surface area contributed by atoms with Crippen molar-refractivity contribution in [3.8, 4) is 0 Å². The molecule has 2 aliphatic heterocycles. The van der Waals surface area contributed by atoms with Crippen molar-refractivity contribution in [1.82, 2.24) is 19.9 Å². The topological polar surface area (TPSA) is 34.0 Å². The van der Waals surface area contributed by atoms with Crippen LogP contribution in [0.1, 0.15) is 12.1 Å². The predicted molar refractivity (Wildman–Crippen MR) is 60.7 cm³/mol. The molecule has 1 saturated heterocycles. The van der Waals surface area contributed by atoms with Crippen molar-refractivity contribution >= 4 is 11.8 Å². The van der Waals surface area contributed by atoms with Crippen LogP contribution in [0.3, 0.4) is 0 Å². The zero-order valence-corrected chi connectivity index (χ0v) is 9.62. The summed E-state index contributed by atoms with van der Waals surface area (Å²) in [6.45, 7) is 4.44. The van der Waals surface area contributed by atoms with E-state index < -0.39 is 0 Å². The molecule has 1 aromatic heterocycles. The molecule has 0 aliphatic carbocycles. The minimum Gasteiger partial charge on any atom is -0.295 e. The fourth-order valence-corrected chi connectivity index (χ4v) is 3.65. The highest BCUT2D eigenvalue weighted by Gasteiger charge is 2.22. The molecule has 0 N–H and O–H groups in total. The number of rotatable bonds is 2. The molecule has 5 heteroatoms. The van der Waals surface area contributed by atoms with Gasteiger partial charge in [-0.05, 0) is 23.8 Å². The van der Waals surface area contributed by atoms with Gasteiger partial charge in [-0.15, -0.1) is 5.10 Å². The number of nitrogens with zero attached hydrogens (tertiary/aromatic N) is 4. The maximum atomic E-state index is 4.06. The van der Waals surface area contributed by atoms with Gasteiger partial charge >= 0.3 is 0 Å². The smallest absolute Gasteiger partial charge is 0.0738 e. The molecule has 0 aromatic carbocycles. The van der Waals surface area contributed by atoms with Gasteiger partial charge in [-0.25, -0.2) is 4.68 Å². The summed E-state index contributed by atoms with van der Waals surface area (Å²) in [5.74, 6) is 3.63. The largest absolute Gasteiger partial charge is 0.295 e. The molecule has 15 heavy (non-hydrogen) atoms. The van der Waals surface area contributed by atoms with Crippen LogP contribution in [0.25, 0.3) is 0 Å². The minimum absolute atomic E-state index is 0.914. The van der Waals surface area contributed by atoms with Crippen LogP contribution in [0.4, 0.5) is 0 Å². The summed E-state index contributed by atoms with van der Waals surface area (Å²) in [5.41, 5.74) is 1.27. The van der Waals surface area contributed by atoms with Gasteiger partial charge in [0.05, 0.1) is 18.4 Å². The average molecular weight is 224 g/mol. The van der Waals surface area contributed by atoms with E-state index in [-0.39, 0.29) is 0 Å². The molecule has 1 fully saturated rings. The molecule has 4 nitrogen and oxygen atoms in total. The Hall–Kier alpha value is -0.550. The van der Waals surface area contributed by atoms with E-state index in [1.165, 1.54) is 30.2 Å². The van der Waals surface area contributed by atoms with Crippen LogP contribution in [0, 0.1) is 5.92 Å². The van der Waals surface area contributed by atoms with Gasteiger partial charge in [0.1, 0.15) is 0 Å². The molecule has 3 rings (SSSR count). The number of fused-ring (bicyclic) bond motifs is 1. The van der Waals surface area contributed by atoms with Crippen molar-refractivity contribution < 1.29 is 0 Å². The van der Waals surface area contributed by atoms with Crippen LogP contribution in [-0.4, -0.2) is 44.5 Å². The van der Waals surface area contributed by atoms with Gasteiger partial charge in [-0.1, -0.05) is 5.21 Å². The van der Waals surface area contributed by atoms with Crippen LogP contribution >= 0.6 is 11.8 Å². The summed E-state index contributed by atoms with van der Waals surface area (Å²) < 4.78 is 2.03. The van der Waals surface area contributed by atoms with Gasteiger partial charge in [0.2, 0.25) is 0 Å². The van der Waals surface area contributed by atoms with Gasteiger partial charge in [0.15, 0.2) is 0 Å². The quantitative estimate of drug-likeness (QED) is 0.746. The van der Waals surface area contributed by atoms with Crippen molar-refractivity contribution in [2.45, 2.75) is 19.5 Å². The van der Waals surface area contributed by atoms with E-state index >= 15 is 0 Å². The van der Waals surface area contributed by atoms with Gasteiger partial charge in [-0.3, -0.25) is 4.90 Å². The van der Waals surface area contributed by atoms with Crippen LogP contribution in [0.15, 0.2) is 6.20 Å². The lowest BCUT2D eigenvalue weighted by atomic mass is 10.1. The lowest BCUT2D eigenvalue weighted by molar-refractivity contribution is 0.188. The molecule has 82 valence electrons. The Morgan fingerprint density at radius 1 is 1.47 bits per heavy atom. The number of hydrogen-bond donors (Lipinski definition) is 0. The Morgan fingerprint density at radius 3 is 3.33 bits per heavy atom. The third-order valence-corrected chi connectivity index (χ3v) is 4.48. The Bertz CT molecular complexity index is 332. The SMILES string of the molecule is c1nnn2c1CN(CC1CCSC1)CC2. The van der Waals surface area contributed by atoms with Crippen LogP contribution in [0.5, 0.6) is 0 Å². The first-order valence-electron chi connectivity index (χ1n) is 5.59. The third kappa shape index (κ3) is 2.03. The van der Waals surface area contributed by atoms with Crippen molar-refractivity contribution in [2.24, 2.45) is 5.92 Å². The first-order chi connectivity index (χ1) is 7.42. The molecule has 2 aliphatic rings. The molecule has 1 atom stereocenters. The highest BCUT2D eigenvalue weighted by Crippen LogP contribution is 2.25. The van der Waals surface area contributed by atoms with Crippen molar-refractivity contribution in [3.63, 3.8) is 0 Å². The van der Waals surface area contributed by atoms with E-state index in [2.05, 4.69) is 27.0 Å². The van der Waals surface area contributed by atoms with E-state index in [0.29, 0.717) is 0 Å². The second-order valence-electron chi connectivity index (χ2n) is 4.41. The Labute approximate surface area is 94.0 Å². The molecule has 0 amide bonds. The van der Waals surface area contributed by atoms with E-state index in [9.17, 15) is 0 Å². The lowest BCUT2D eigenvalue weighted by Crippen LogP contribution is -2.37. The van der Waals surface area contributed by atoms with E-state index in [0.717, 1.165) is 25.6 Å². The number of thioether (sulfide) groups is 1. The molecule has 3 heterocycles. The van der Waals surface area contributed by atoms with E-state index in [1.54, 1.807) is 0 Å². The Kier molecular flexibility index (Phi) is 2.66. The van der Waals surface area contributed by atoms with Gasteiger partial charge < -0.3 is 0 Å². The van der Waals surface area contributed by atoms with Crippen molar-refractivity contribution in [2.75, 3.05) is 24.6 Å². The minimum atomic E-state index is 0.914. The zero-order chi connectivity index (χ0) is 10.1. The maximum absolute atomic E-state index is 4.06. The fraction of sp³-hybridized carbons (Fsp3) is 0.800. The highest BCUT2D eigenvalue weighted by molar-refractivity contribution is 7.99. The molecule has 0 saturated carbocycles. The lowest BCUT2D eigenvalue weighted by Gasteiger charge is -2.28. The Morgan fingerprint density at radius 2 is 2.47 bits per heavy atom. The average Bonchev–Trinajstić information content (AvgIpc) is 2.87. The first-order valence-corrected chi connectivity index (χ1v) is 6.75. The summed E-state index contributed by atoms with van der Waals surface area (Å²) in [5, 5.41) is 8.01. The van der Waals surface area contributed by atoms with Crippen LogP contribution in [-0.2, 0) is 13.1 Å². The monoisotopic (exact) mass is 224 g/mol. The fourth-order valence-electron chi connectivity index (χ4n) is 2.38. The van der Waals surface area contributed by atoms with Crippen molar-refractivity contribution in [3.05, 3.63) is 11.9 Å². The summed E-state index contributed by atoms with van der Waals surface area (Å²) in [4.78, 5) is 2.55. The van der Waals surface area contributed by atoms with Gasteiger partial charge in [0.25, 0.3) is 0 Å². The van der Waals surface area contributed by atoms with Gasteiger partial charge in [0, 0.05) is 19.6 Å². The highest BCUT2D eigenvalue weighted by atomic mass is 32.2. The van der Waals surface area contributed by atoms with E-state index in [4.69, 9.17) is 0 Å². The molecule has 0 spiro atoms. The maximum Gasteiger partial charge on any atom is 0.0738 e. The summed E-state index contributed by atoms with van der Waals surface area (Å²) in [6, 6.07) is 0. The van der Waals surface area contributed by atoms with Gasteiger partial charge in [-0.2, -0.15) is 11.8 Å².